The molecule has 0 aliphatic carbocycles. The summed E-state index contributed by atoms with van der Waals surface area (Å²) in [4.78, 5) is 16.9. The quantitative estimate of drug-likeness (QED) is 0.627. The van der Waals surface area contributed by atoms with Crippen LogP contribution in [0, 0.1) is 13.8 Å². The van der Waals surface area contributed by atoms with Crippen molar-refractivity contribution >= 4 is 11.8 Å². The molecule has 30 heavy (non-hydrogen) atoms. The number of nitrogens with zero attached hydrogens (tertiary/aromatic N) is 1. The molecule has 0 saturated heterocycles. The normalized spacial score (nSPS) is 13.3. The smallest absolute Gasteiger partial charge is 0.315 e. The van der Waals surface area contributed by atoms with Gasteiger partial charge in [0.25, 0.3) is 0 Å². The van der Waals surface area contributed by atoms with Gasteiger partial charge in [0.2, 0.25) is 0 Å². The summed E-state index contributed by atoms with van der Waals surface area (Å²) in [5.74, 6) is 1.03. The van der Waals surface area contributed by atoms with E-state index < -0.39 is 0 Å². The second-order valence-corrected chi connectivity index (χ2v) is 7.70. The van der Waals surface area contributed by atoms with Crippen LogP contribution in [0.15, 0.2) is 30.3 Å². The lowest BCUT2D eigenvalue weighted by molar-refractivity contribution is 0.240. The Kier molecular flexibility index (Phi) is 10.2. The minimum atomic E-state index is -0.140. The molecule has 0 unspecified atom stereocenters. The summed E-state index contributed by atoms with van der Waals surface area (Å²) in [5.41, 5.74) is 5.91. The minimum Gasteiger partial charge on any atom is -0.370 e. The molecule has 1 aliphatic rings. The molecule has 3 N–H and O–H groups in total. The predicted molar refractivity (Wildman–Crippen MR) is 126 cm³/mol. The average Bonchev–Trinajstić information content (AvgIpc) is 2.87. The van der Waals surface area contributed by atoms with Gasteiger partial charge in [-0.25, -0.2) is 9.78 Å². The second kappa shape index (κ2) is 12.9. The van der Waals surface area contributed by atoms with Crippen molar-refractivity contribution < 1.29 is 4.79 Å². The van der Waals surface area contributed by atoms with Crippen LogP contribution in [0.2, 0.25) is 0 Å². The highest BCUT2D eigenvalue weighted by Gasteiger charge is 2.11. The van der Waals surface area contributed by atoms with Gasteiger partial charge in [0.1, 0.15) is 5.82 Å². The second-order valence-electron chi connectivity index (χ2n) is 7.70. The number of carbonyl (C=O) groups excluding carboxylic acids is 1. The highest BCUT2D eigenvalue weighted by atomic mass is 16.2. The van der Waals surface area contributed by atoms with Gasteiger partial charge in [0, 0.05) is 31.7 Å². The minimum absolute atomic E-state index is 0.140. The SMILES string of the molecule is CC.Cc1ccc(CNC(=O)NCCc2nc3c(cc2C)CCCCCCN3)cc1. The van der Waals surface area contributed by atoms with E-state index in [1.54, 1.807) is 0 Å². The van der Waals surface area contributed by atoms with Crippen LogP contribution in [-0.4, -0.2) is 24.1 Å². The van der Waals surface area contributed by atoms with Crippen LogP contribution in [0.25, 0.3) is 0 Å². The highest BCUT2D eigenvalue weighted by Crippen LogP contribution is 2.22. The summed E-state index contributed by atoms with van der Waals surface area (Å²) in [6.45, 7) is 10.3. The molecule has 0 fully saturated rings. The fraction of sp³-hybridized carbons (Fsp3) is 0.520. The molecule has 5 heteroatoms. The molecule has 0 saturated carbocycles. The largest absolute Gasteiger partial charge is 0.370 e. The molecule has 1 aromatic carbocycles. The van der Waals surface area contributed by atoms with E-state index in [1.165, 1.54) is 42.4 Å². The molecule has 2 amide bonds. The Hall–Kier alpha value is -2.56. The summed E-state index contributed by atoms with van der Waals surface area (Å²) in [5, 5.41) is 9.35. The van der Waals surface area contributed by atoms with Gasteiger partial charge in [-0.15, -0.1) is 0 Å². The van der Waals surface area contributed by atoms with Crippen LogP contribution >= 0.6 is 0 Å². The number of nitrogens with one attached hydrogen (secondary N) is 3. The first-order valence-corrected chi connectivity index (χ1v) is 11.4. The van der Waals surface area contributed by atoms with Gasteiger partial charge in [-0.05, 0) is 49.8 Å². The summed E-state index contributed by atoms with van der Waals surface area (Å²) in [6, 6.07) is 10.3. The van der Waals surface area contributed by atoms with Crippen molar-refractivity contribution in [3.63, 3.8) is 0 Å². The molecule has 0 bridgehead atoms. The number of aryl methyl sites for hydroxylation is 3. The first kappa shape index (κ1) is 23.7. The van der Waals surface area contributed by atoms with Crippen molar-refractivity contribution in [2.24, 2.45) is 0 Å². The van der Waals surface area contributed by atoms with Gasteiger partial charge < -0.3 is 16.0 Å². The molecule has 2 heterocycles. The third-order valence-electron chi connectivity index (χ3n) is 5.28. The van der Waals surface area contributed by atoms with Crippen molar-refractivity contribution in [3.8, 4) is 0 Å². The summed E-state index contributed by atoms with van der Waals surface area (Å²) >= 11 is 0. The van der Waals surface area contributed by atoms with Crippen molar-refractivity contribution in [2.75, 3.05) is 18.4 Å². The van der Waals surface area contributed by atoms with Crippen LogP contribution in [-0.2, 0) is 19.4 Å². The van der Waals surface area contributed by atoms with Crippen LogP contribution < -0.4 is 16.0 Å². The maximum Gasteiger partial charge on any atom is 0.315 e. The van der Waals surface area contributed by atoms with Gasteiger partial charge in [-0.2, -0.15) is 0 Å². The fourth-order valence-corrected chi connectivity index (χ4v) is 3.55. The standard InChI is InChI=1S/C23H32N4O.C2H6/c1-17-8-10-19(11-9-17)16-26-23(28)25-14-12-21-18(2)15-20-7-5-3-4-6-13-24-22(20)27-21;1-2/h8-11,15H,3-7,12-14,16H2,1-2H3,(H,24,27)(H2,25,26,28);1-2H3. The summed E-state index contributed by atoms with van der Waals surface area (Å²) in [7, 11) is 0. The summed E-state index contributed by atoms with van der Waals surface area (Å²) in [6.07, 6.45) is 6.84. The number of carbonyl (C=O) groups is 1. The lowest BCUT2D eigenvalue weighted by atomic mass is 10.0. The topological polar surface area (TPSA) is 66.0 Å². The summed E-state index contributed by atoms with van der Waals surface area (Å²) < 4.78 is 0. The van der Waals surface area contributed by atoms with Gasteiger partial charge in [-0.1, -0.05) is 62.6 Å². The molecule has 0 radical (unpaired) electrons. The first-order chi connectivity index (χ1) is 14.6. The fourth-order valence-electron chi connectivity index (χ4n) is 3.55. The van der Waals surface area contributed by atoms with Gasteiger partial charge >= 0.3 is 6.03 Å². The lowest BCUT2D eigenvalue weighted by Crippen LogP contribution is -2.36. The Morgan fingerprint density at radius 1 is 1.03 bits per heavy atom. The highest BCUT2D eigenvalue weighted by molar-refractivity contribution is 5.73. The van der Waals surface area contributed by atoms with Crippen LogP contribution in [0.1, 0.15) is 67.5 Å². The van der Waals surface area contributed by atoms with E-state index in [4.69, 9.17) is 4.98 Å². The third kappa shape index (κ3) is 7.69. The Bertz CT molecular complexity index is 786. The molecule has 2 aromatic rings. The maximum atomic E-state index is 12.1. The number of hydrogen-bond donors (Lipinski definition) is 3. The van der Waals surface area contributed by atoms with E-state index in [1.807, 2.05) is 26.0 Å². The number of fused-ring (bicyclic) bond motifs is 1. The van der Waals surface area contributed by atoms with E-state index in [2.05, 4.69) is 48.0 Å². The molecular formula is C25H38N4O. The third-order valence-corrected chi connectivity index (χ3v) is 5.28. The van der Waals surface area contributed by atoms with E-state index in [-0.39, 0.29) is 6.03 Å². The van der Waals surface area contributed by atoms with Gasteiger partial charge in [0.05, 0.1) is 0 Å². The van der Waals surface area contributed by atoms with Crippen molar-refractivity contribution in [1.29, 1.82) is 0 Å². The number of amides is 2. The van der Waals surface area contributed by atoms with Crippen molar-refractivity contribution in [1.82, 2.24) is 15.6 Å². The van der Waals surface area contributed by atoms with E-state index >= 15 is 0 Å². The van der Waals surface area contributed by atoms with Crippen LogP contribution in [0.3, 0.4) is 0 Å². The first-order valence-electron chi connectivity index (χ1n) is 11.4. The molecule has 0 spiro atoms. The molecule has 5 nitrogen and oxygen atoms in total. The Labute approximate surface area is 182 Å². The molecule has 1 aliphatic heterocycles. The zero-order valence-corrected chi connectivity index (χ0v) is 19.1. The zero-order chi connectivity index (χ0) is 21.8. The number of hydrogen-bond acceptors (Lipinski definition) is 3. The number of urea groups is 1. The molecule has 164 valence electrons. The Morgan fingerprint density at radius 2 is 1.77 bits per heavy atom. The van der Waals surface area contributed by atoms with Gasteiger partial charge in [-0.3, -0.25) is 0 Å². The molecule has 0 atom stereocenters. The lowest BCUT2D eigenvalue weighted by Gasteiger charge is -2.14. The van der Waals surface area contributed by atoms with Crippen LogP contribution in [0.4, 0.5) is 10.6 Å². The van der Waals surface area contributed by atoms with Crippen LogP contribution in [0.5, 0.6) is 0 Å². The van der Waals surface area contributed by atoms with Crippen molar-refractivity contribution in [3.05, 3.63) is 58.3 Å². The number of rotatable bonds is 5. The molecule has 1 aromatic heterocycles. The molecular weight excluding hydrogens is 372 g/mol. The number of benzene rings is 1. The average molecular weight is 411 g/mol. The van der Waals surface area contributed by atoms with E-state index in [0.717, 1.165) is 36.5 Å². The van der Waals surface area contributed by atoms with E-state index in [0.29, 0.717) is 13.1 Å². The predicted octanol–water partition coefficient (Wildman–Crippen LogP) is 5.29. The van der Waals surface area contributed by atoms with E-state index in [9.17, 15) is 4.79 Å². The number of pyridine rings is 1. The zero-order valence-electron chi connectivity index (χ0n) is 19.1. The maximum absolute atomic E-state index is 12.1. The number of anilines is 1. The molecule has 3 rings (SSSR count). The Morgan fingerprint density at radius 3 is 2.53 bits per heavy atom. The van der Waals surface area contributed by atoms with Gasteiger partial charge in [0.15, 0.2) is 0 Å². The van der Waals surface area contributed by atoms with Crippen molar-refractivity contribution in [2.45, 2.75) is 72.8 Å². The monoisotopic (exact) mass is 410 g/mol. The Balaban J connectivity index is 0.00000155. The number of aromatic nitrogens is 1.